The zero-order valence-electron chi connectivity index (χ0n) is 19.5. The largest absolute Gasteiger partial charge is 0.454 e. The lowest BCUT2D eigenvalue weighted by Gasteiger charge is -2.35. The van der Waals surface area contributed by atoms with Gasteiger partial charge in [0.25, 0.3) is 5.56 Å². The molecule has 0 spiro atoms. The number of hydrogen-bond acceptors (Lipinski definition) is 6. The molecule has 3 aromatic rings. The highest BCUT2D eigenvalue weighted by Gasteiger charge is 2.23. The van der Waals surface area contributed by atoms with Gasteiger partial charge in [-0.2, -0.15) is 0 Å². The van der Waals surface area contributed by atoms with Gasteiger partial charge in [-0.1, -0.05) is 6.07 Å². The number of carbonyl (C=O) groups is 1. The molecule has 1 fully saturated rings. The van der Waals surface area contributed by atoms with Gasteiger partial charge in [0.1, 0.15) is 12.2 Å². The van der Waals surface area contributed by atoms with E-state index in [2.05, 4.69) is 4.90 Å². The van der Waals surface area contributed by atoms with Crippen molar-refractivity contribution < 1.29 is 14.3 Å². The van der Waals surface area contributed by atoms with Gasteiger partial charge in [-0.25, -0.2) is 4.79 Å². The number of amides is 1. The summed E-state index contributed by atoms with van der Waals surface area (Å²) < 4.78 is 15.4. The molecule has 2 aliphatic heterocycles. The van der Waals surface area contributed by atoms with Gasteiger partial charge in [-0.3, -0.25) is 23.6 Å². The summed E-state index contributed by atoms with van der Waals surface area (Å²) in [6.45, 7) is 8.33. The highest BCUT2D eigenvalue weighted by atomic mass is 16.7. The second kappa shape index (κ2) is 9.02. The molecule has 0 unspecified atom stereocenters. The first-order valence-electron chi connectivity index (χ1n) is 11.7. The van der Waals surface area contributed by atoms with Crippen LogP contribution in [0.3, 0.4) is 0 Å². The molecule has 1 aromatic carbocycles. The molecule has 0 saturated carbocycles. The lowest BCUT2D eigenvalue weighted by Crippen LogP contribution is -2.49. The minimum Gasteiger partial charge on any atom is -0.454 e. The van der Waals surface area contributed by atoms with Crippen LogP contribution in [-0.4, -0.2) is 62.4 Å². The van der Waals surface area contributed by atoms with E-state index in [1.54, 1.807) is 28.3 Å². The molecule has 0 N–H and O–H groups in total. The quantitative estimate of drug-likeness (QED) is 0.539. The maximum atomic E-state index is 13.1. The predicted molar refractivity (Wildman–Crippen MR) is 126 cm³/mol. The van der Waals surface area contributed by atoms with Crippen molar-refractivity contribution >= 4 is 16.9 Å². The van der Waals surface area contributed by atoms with Crippen LogP contribution in [0.2, 0.25) is 0 Å². The minimum absolute atomic E-state index is 0.0185. The van der Waals surface area contributed by atoms with Gasteiger partial charge < -0.3 is 18.9 Å². The van der Waals surface area contributed by atoms with E-state index in [0.29, 0.717) is 37.2 Å². The third-order valence-electron chi connectivity index (χ3n) is 6.63. The third kappa shape index (κ3) is 3.87. The summed E-state index contributed by atoms with van der Waals surface area (Å²) in [6, 6.07) is 7.69. The minimum atomic E-state index is -0.341. The normalized spacial score (nSPS) is 15.9. The summed E-state index contributed by atoms with van der Waals surface area (Å²) in [4.78, 5) is 42.7. The molecule has 10 heteroatoms. The second-order valence-electron chi connectivity index (χ2n) is 8.60. The average Bonchev–Trinajstić information content (AvgIpc) is 3.47. The fourth-order valence-corrected chi connectivity index (χ4v) is 4.79. The van der Waals surface area contributed by atoms with Gasteiger partial charge in [-0.05, 0) is 37.6 Å². The molecule has 0 radical (unpaired) electrons. The van der Waals surface area contributed by atoms with Crippen molar-refractivity contribution in [3.8, 4) is 11.5 Å². The van der Waals surface area contributed by atoms with Crippen molar-refractivity contribution in [1.29, 1.82) is 0 Å². The fraction of sp³-hybridized carbons (Fsp3) is 0.458. The molecule has 2 aliphatic rings. The van der Waals surface area contributed by atoms with Crippen molar-refractivity contribution in [2.24, 2.45) is 0 Å². The number of aryl methyl sites for hydroxylation is 1. The lowest BCUT2D eigenvalue weighted by molar-refractivity contribution is -0.133. The van der Waals surface area contributed by atoms with Crippen LogP contribution in [0.4, 0.5) is 0 Å². The molecule has 34 heavy (non-hydrogen) atoms. The summed E-state index contributed by atoms with van der Waals surface area (Å²) >= 11 is 0. The maximum absolute atomic E-state index is 13.1. The van der Waals surface area contributed by atoms with E-state index in [1.807, 2.05) is 30.0 Å². The second-order valence-corrected chi connectivity index (χ2v) is 8.60. The standard InChI is InChI=1S/C24H29N5O5/c1-3-28-22-18(23(31)29(4-2)24(28)32)7-8-27(22)15-21(30)26-11-9-25(10-12-26)14-17-5-6-19-20(13-17)34-16-33-19/h5-8,13H,3-4,9-12,14-16H2,1-2H3. The van der Waals surface area contributed by atoms with Crippen molar-refractivity contribution in [2.75, 3.05) is 33.0 Å². The first-order chi connectivity index (χ1) is 16.5. The molecule has 0 bridgehead atoms. The number of hydrogen-bond donors (Lipinski definition) is 0. The Kier molecular flexibility index (Phi) is 5.91. The van der Waals surface area contributed by atoms with E-state index in [9.17, 15) is 14.4 Å². The van der Waals surface area contributed by atoms with E-state index < -0.39 is 0 Å². The Morgan fingerprint density at radius 2 is 1.68 bits per heavy atom. The van der Waals surface area contributed by atoms with E-state index in [4.69, 9.17) is 9.47 Å². The SMILES string of the molecule is CCn1c(=O)c2ccn(CC(=O)N3CCN(Cc4ccc5c(c4)OCO5)CC3)c2n(CC)c1=O. The average molecular weight is 468 g/mol. The van der Waals surface area contributed by atoms with Crippen LogP contribution < -0.4 is 20.7 Å². The van der Waals surface area contributed by atoms with Gasteiger partial charge in [0.05, 0.1) is 5.39 Å². The molecular formula is C24H29N5O5. The van der Waals surface area contributed by atoms with Crippen LogP contribution in [0.15, 0.2) is 40.1 Å². The van der Waals surface area contributed by atoms with Gasteiger partial charge in [0.2, 0.25) is 12.7 Å². The number of piperazine rings is 1. The molecule has 1 saturated heterocycles. The molecule has 2 aromatic heterocycles. The summed E-state index contributed by atoms with van der Waals surface area (Å²) in [6.07, 6.45) is 1.73. The van der Waals surface area contributed by atoms with E-state index in [-0.39, 0.29) is 30.5 Å². The number of nitrogens with zero attached hydrogens (tertiary/aromatic N) is 5. The summed E-state index contributed by atoms with van der Waals surface area (Å²) in [5.74, 6) is 1.54. The van der Waals surface area contributed by atoms with Crippen molar-refractivity contribution in [3.05, 3.63) is 56.9 Å². The third-order valence-corrected chi connectivity index (χ3v) is 6.63. The number of rotatable bonds is 6. The van der Waals surface area contributed by atoms with Crippen LogP contribution in [0.25, 0.3) is 11.0 Å². The molecule has 180 valence electrons. The summed E-state index contributed by atoms with van der Waals surface area (Å²) in [5.41, 5.74) is 1.01. The Labute approximate surface area is 196 Å². The fourth-order valence-electron chi connectivity index (χ4n) is 4.79. The number of ether oxygens (including phenoxy) is 2. The van der Waals surface area contributed by atoms with Crippen LogP contribution in [-0.2, 0) is 31.0 Å². The van der Waals surface area contributed by atoms with Crippen LogP contribution in [0.5, 0.6) is 11.5 Å². The Bertz CT molecular complexity index is 1350. The Hall–Kier alpha value is -3.53. The van der Waals surface area contributed by atoms with Crippen LogP contribution >= 0.6 is 0 Å². The number of fused-ring (bicyclic) bond motifs is 2. The van der Waals surface area contributed by atoms with Gasteiger partial charge >= 0.3 is 5.69 Å². The van der Waals surface area contributed by atoms with Gasteiger partial charge in [0, 0.05) is 52.0 Å². The smallest absolute Gasteiger partial charge is 0.332 e. The van der Waals surface area contributed by atoms with Crippen molar-refractivity contribution in [3.63, 3.8) is 0 Å². The monoisotopic (exact) mass is 467 g/mol. The molecule has 5 rings (SSSR count). The molecule has 4 heterocycles. The number of carbonyl (C=O) groups excluding carboxylic acids is 1. The Morgan fingerprint density at radius 1 is 0.941 bits per heavy atom. The van der Waals surface area contributed by atoms with Gasteiger partial charge in [-0.15, -0.1) is 0 Å². The van der Waals surface area contributed by atoms with E-state index in [1.165, 1.54) is 4.57 Å². The van der Waals surface area contributed by atoms with Crippen molar-refractivity contribution in [1.82, 2.24) is 23.5 Å². The Morgan fingerprint density at radius 3 is 2.41 bits per heavy atom. The summed E-state index contributed by atoms with van der Waals surface area (Å²) in [7, 11) is 0. The molecule has 10 nitrogen and oxygen atoms in total. The van der Waals surface area contributed by atoms with Crippen LogP contribution in [0.1, 0.15) is 19.4 Å². The maximum Gasteiger partial charge on any atom is 0.332 e. The molecule has 1 amide bonds. The van der Waals surface area contributed by atoms with E-state index in [0.717, 1.165) is 36.7 Å². The van der Waals surface area contributed by atoms with Crippen LogP contribution in [0, 0.1) is 0 Å². The lowest BCUT2D eigenvalue weighted by atomic mass is 10.1. The van der Waals surface area contributed by atoms with Crippen molar-refractivity contribution in [2.45, 2.75) is 40.0 Å². The predicted octanol–water partition coefficient (Wildman–Crippen LogP) is 1.08. The number of aromatic nitrogens is 3. The zero-order chi connectivity index (χ0) is 23.8. The zero-order valence-corrected chi connectivity index (χ0v) is 19.5. The highest BCUT2D eigenvalue weighted by Crippen LogP contribution is 2.32. The Balaban J connectivity index is 1.26. The molecule has 0 atom stereocenters. The van der Waals surface area contributed by atoms with E-state index >= 15 is 0 Å². The van der Waals surface area contributed by atoms with Gasteiger partial charge in [0.15, 0.2) is 11.5 Å². The molecule has 0 aliphatic carbocycles. The summed E-state index contributed by atoms with van der Waals surface area (Å²) in [5, 5.41) is 0.463. The topological polar surface area (TPSA) is 90.9 Å². The first-order valence-corrected chi connectivity index (χ1v) is 11.7. The first kappa shape index (κ1) is 22.3. The highest BCUT2D eigenvalue weighted by molar-refractivity contribution is 5.81. The molecular weight excluding hydrogens is 438 g/mol. The number of benzene rings is 1.